The van der Waals surface area contributed by atoms with Crippen LogP contribution in [0, 0.1) is 0 Å². The average Bonchev–Trinajstić information content (AvgIpc) is 3.08. The van der Waals surface area contributed by atoms with Crippen molar-refractivity contribution in [3.8, 4) is 5.75 Å². The molecule has 2 aromatic rings. The van der Waals surface area contributed by atoms with Gasteiger partial charge < -0.3 is 10.1 Å². The van der Waals surface area contributed by atoms with Crippen LogP contribution in [0.2, 0.25) is 0 Å². The van der Waals surface area contributed by atoms with Crippen molar-refractivity contribution in [2.45, 2.75) is 26.2 Å². The first-order chi connectivity index (χ1) is 12.5. The Morgan fingerprint density at radius 2 is 1.96 bits per heavy atom. The zero-order valence-electron chi connectivity index (χ0n) is 14.8. The van der Waals surface area contributed by atoms with Crippen molar-refractivity contribution in [3.05, 3.63) is 52.0 Å². The number of hydrogen-bond donors (Lipinski definition) is 1. The Hall–Kier alpha value is -2.34. The van der Waals surface area contributed by atoms with Crippen LogP contribution in [-0.4, -0.2) is 25.5 Å². The molecule has 0 radical (unpaired) electrons. The molecule has 0 aromatic heterocycles. The van der Waals surface area contributed by atoms with Crippen molar-refractivity contribution < 1.29 is 14.3 Å². The van der Waals surface area contributed by atoms with Crippen molar-refractivity contribution in [1.29, 1.82) is 0 Å². The van der Waals surface area contributed by atoms with Gasteiger partial charge >= 0.3 is 0 Å². The first kappa shape index (κ1) is 18.5. The van der Waals surface area contributed by atoms with Crippen LogP contribution in [-0.2, 0) is 22.4 Å². The molecule has 26 heavy (non-hydrogen) atoms. The van der Waals surface area contributed by atoms with Crippen molar-refractivity contribution in [3.63, 3.8) is 0 Å². The summed E-state index contributed by atoms with van der Waals surface area (Å²) in [6.07, 6.45) is 1.71. The van der Waals surface area contributed by atoms with Gasteiger partial charge in [-0.3, -0.25) is 9.59 Å². The summed E-state index contributed by atoms with van der Waals surface area (Å²) in [5.41, 5.74) is 3.64. The van der Waals surface area contributed by atoms with E-state index >= 15 is 0 Å². The van der Waals surface area contributed by atoms with Gasteiger partial charge in [0, 0.05) is 24.4 Å². The number of halogens is 1. The molecule has 0 spiro atoms. The highest BCUT2D eigenvalue weighted by Crippen LogP contribution is 2.37. The molecule has 0 saturated heterocycles. The third kappa shape index (κ3) is 3.90. The molecule has 5 nitrogen and oxygen atoms in total. The second-order valence-electron chi connectivity index (χ2n) is 6.23. The molecule has 2 aromatic carbocycles. The summed E-state index contributed by atoms with van der Waals surface area (Å²) in [6, 6.07) is 11.5. The maximum Gasteiger partial charge on any atom is 0.234 e. The van der Waals surface area contributed by atoms with Crippen LogP contribution in [0.15, 0.2) is 40.9 Å². The number of benzene rings is 2. The summed E-state index contributed by atoms with van der Waals surface area (Å²) >= 11 is 3.48. The first-order valence-electron chi connectivity index (χ1n) is 8.52. The van der Waals surface area contributed by atoms with Gasteiger partial charge in [-0.15, -0.1) is 0 Å². The Bertz CT molecular complexity index is 834. The molecule has 1 aliphatic heterocycles. The lowest BCUT2D eigenvalue weighted by molar-refractivity contribution is -0.125. The predicted octanol–water partition coefficient (Wildman–Crippen LogP) is 3.94. The third-order valence-corrected chi connectivity index (χ3v) is 4.91. The number of carbonyl (C=O) groups excluding carboxylic acids is 2. The minimum atomic E-state index is -0.279. The van der Waals surface area contributed by atoms with Crippen LogP contribution in [0.5, 0.6) is 5.75 Å². The SMILES string of the molecule is COc1ccc(CCC(=O)N(C(C)=O)c2cc(Br)cc3c2NCC3)cc1. The lowest BCUT2D eigenvalue weighted by Gasteiger charge is -2.22. The predicted molar refractivity (Wildman–Crippen MR) is 106 cm³/mol. The largest absolute Gasteiger partial charge is 0.497 e. The third-order valence-electron chi connectivity index (χ3n) is 4.45. The molecule has 136 valence electrons. The van der Waals surface area contributed by atoms with E-state index in [-0.39, 0.29) is 18.2 Å². The second kappa shape index (κ2) is 7.91. The highest BCUT2D eigenvalue weighted by molar-refractivity contribution is 9.10. The lowest BCUT2D eigenvalue weighted by Crippen LogP contribution is -2.35. The summed E-state index contributed by atoms with van der Waals surface area (Å²) in [5.74, 6) is 0.294. The van der Waals surface area contributed by atoms with E-state index in [1.54, 1.807) is 7.11 Å². The minimum absolute atomic E-state index is 0.206. The number of amides is 2. The van der Waals surface area contributed by atoms with Crippen molar-refractivity contribution in [2.75, 3.05) is 23.9 Å². The van der Waals surface area contributed by atoms with E-state index in [4.69, 9.17) is 4.74 Å². The van der Waals surface area contributed by atoms with E-state index < -0.39 is 0 Å². The fourth-order valence-corrected chi connectivity index (χ4v) is 3.68. The minimum Gasteiger partial charge on any atom is -0.497 e. The highest BCUT2D eigenvalue weighted by Gasteiger charge is 2.26. The molecular formula is C20H21BrN2O3. The van der Waals surface area contributed by atoms with Gasteiger partial charge in [0.25, 0.3) is 0 Å². The summed E-state index contributed by atoms with van der Waals surface area (Å²) in [7, 11) is 1.62. The fourth-order valence-electron chi connectivity index (χ4n) is 3.18. The van der Waals surface area contributed by atoms with E-state index in [0.29, 0.717) is 12.1 Å². The number of fused-ring (bicyclic) bond motifs is 1. The molecule has 6 heteroatoms. The monoisotopic (exact) mass is 416 g/mol. The average molecular weight is 417 g/mol. The lowest BCUT2D eigenvalue weighted by atomic mass is 10.1. The van der Waals surface area contributed by atoms with Crippen LogP contribution in [0.4, 0.5) is 11.4 Å². The topological polar surface area (TPSA) is 58.6 Å². The van der Waals surface area contributed by atoms with E-state index in [1.807, 2.05) is 36.4 Å². The second-order valence-corrected chi connectivity index (χ2v) is 7.15. The van der Waals surface area contributed by atoms with Gasteiger partial charge in [0.1, 0.15) is 5.75 Å². The van der Waals surface area contributed by atoms with Crippen molar-refractivity contribution >= 4 is 39.1 Å². The molecule has 0 atom stereocenters. The van der Waals surface area contributed by atoms with E-state index in [1.165, 1.54) is 11.8 Å². The Balaban J connectivity index is 1.80. The van der Waals surface area contributed by atoms with Gasteiger partial charge in [-0.2, -0.15) is 0 Å². The van der Waals surface area contributed by atoms with Gasteiger partial charge in [0.05, 0.1) is 18.5 Å². The van der Waals surface area contributed by atoms with Crippen LogP contribution < -0.4 is 15.0 Å². The molecule has 3 rings (SSSR count). The van der Waals surface area contributed by atoms with Crippen LogP contribution in [0.3, 0.4) is 0 Å². The van der Waals surface area contributed by atoms with Crippen molar-refractivity contribution in [1.82, 2.24) is 0 Å². The number of nitrogens with zero attached hydrogens (tertiary/aromatic N) is 1. The first-order valence-corrected chi connectivity index (χ1v) is 9.31. The standard InChI is InChI=1S/C20H21BrN2O3/c1-13(24)23(18-12-16(21)11-15-9-10-22-20(15)18)19(25)8-5-14-3-6-17(26-2)7-4-14/h3-4,6-7,11-12,22H,5,8-10H2,1-2H3. The number of imide groups is 1. The van der Waals surface area contributed by atoms with Gasteiger partial charge in [0.2, 0.25) is 11.8 Å². The molecule has 0 fully saturated rings. The Kier molecular flexibility index (Phi) is 5.61. The smallest absolute Gasteiger partial charge is 0.234 e. The molecule has 1 N–H and O–H groups in total. The maximum atomic E-state index is 12.8. The number of carbonyl (C=O) groups is 2. The molecular weight excluding hydrogens is 396 g/mol. The van der Waals surface area contributed by atoms with E-state index in [0.717, 1.165) is 40.0 Å². The number of rotatable bonds is 5. The Morgan fingerprint density at radius 3 is 2.62 bits per heavy atom. The number of methoxy groups -OCH3 is 1. The summed E-state index contributed by atoms with van der Waals surface area (Å²) in [4.78, 5) is 26.4. The van der Waals surface area contributed by atoms with Gasteiger partial charge in [0.15, 0.2) is 0 Å². The molecule has 2 amide bonds. The fraction of sp³-hybridized carbons (Fsp3) is 0.300. The number of anilines is 2. The van der Waals surface area contributed by atoms with E-state index in [2.05, 4.69) is 21.2 Å². The summed E-state index contributed by atoms with van der Waals surface area (Å²) in [6.45, 7) is 2.23. The summed E-state index contributed by atoms with van der Waals surface area (Å²) < 4.78 is 6.01. The molecule has 0 bridgehead atoms. The maximum absolute atomic E-state index is 12.8. The van der Waals surface area contributed by atoms with Gasteiger partial charge in [-0.1, -0.05) is 28.1 Å². The number of nitrogens with one attached hydrogen (secondary N) is 1. The number of ether oxygens (including phenoxy) is 1. The summed E-state index contributed by atoms with van der Waals surface area (Å²) in [5, 5.41) is 3.29. The molecule has 0 unspecified atom stereocenters. The van der Waals surface area contributed by atoms with Crippen LogP contribution in [0.25, 0.3) is 0 Å². The van der Waals surface area contributed by atoms with Crippen LogP contribution >= 0.6 is 15.9 Å². The molecule has 0 saturated carbocycles. The van der Waals surface area contributed by atoms with Crippen molar-refractivity contribution in [2.24, 2.45) is 0 Å². The quantitative estimate of drug-likeness (QED) is 0.801. The zero-order valence-corrected chi connectivity index (χ0v) is 16.4. The normalized spacial score (nSPS) is 12.3. The van der Waals surface area contributed by atoms with Gasteiger partial charge in [-0.05, 0) is 48.2 Å². The molecule has 0 aliphatic carbocycles. The van der Waals surface area contributed by atoms with Gasteiger partial charge in [-0.25, -0.2) is 4.90 Å². The number of hydrogen-bond acceptors (Lipinski definition) is 4. The Labute approximate surface area is 161 Å². The molecule has 1 aliphatic rings. The highest BCUT2D eigenvalue weighted by atomic mass is 79.9. The zero-order chi connectivity index (χ0) is 18.7. The number of aryl methyl sites for hydroxylation is 1. The van der Waals surface area contributed by atoms with Crippen LogP contribution in [0.1, 0.15) is 24.5 Å². The Morgan fingerprint density at radius 1 is 1.23 bits per heavy atom. The molecule has 1 heterocycles. The van der Waals surface area contributed by atoms with E-state index in [9.17, 15) is 9.59 Å².